The highest BCUT2D eigenvalue weighted by Crippen LogP contribution is 2.43. The first-order chi connectivity index (χ1) is 15.1. The summed E-state index contributed by atoms with van der Waals surface area (Å²) in [6.45, 7) is 3.84. The van der Waals surface area contributed by atoms with Crippen LogP contribution in [0.15, 0.2) is 47.1 Å². The van der Waals surface area contributed by atoms with E-state index in [4.69, 9.17) is 0 Å². The van der Waals surface area contributed by atoms with Crippen molar-refractivity contribution in [3.05, 3.63) is 52.6 Å². The van der Waals surface area contributed by atoms with Gasteiger partial charge in [0.15, 0.2) is 5.82 Å². The van der Waals surface area contributed by atoms with E-state index in [0.29, 0.717) is 18.0 Å². The van der Waals surface area contributed by atoms with E-state index >= 15 is 0 Å². The molecule has 0 spiro atoms. The number of halogens is 1. The number of benzene rings is 1. The lowest BCUT2D eigenvalue weighted by molar-refractivity contribution is 0.149. The first-order valence-electron chi connectivity index (χ1n) is 11.3. The number of rotatable bonds is 3. The van der Waals surface area contributed by atoms with Crippen LogP contribution in [0.25, 0.3) is 0 Å². The fourth-order valence-corrected chi connectivity index (χ4v) is 5.81. The molecule has 2 amide bonds. The predicted octanol–water partition coefficient (Wildman–Crippen LogP) is 4.54. The summed E-state index contributed by atoms with van der Waals surface area (Å²) in [4.78, 5) is 24.8. The number of fused-ring (bicyclic) bond motifs is 2. The number of piperidine rings is 1. The minimum absolute atomic E-state index is 0.0225. The number of likely N-dealkylation sites (N-methyl/N-ethyl adjacent to an activating group) is 1. The Morgan fingerprint density at radius 3 is 2.42 bits per heavy atom. The molecule has 0 radical (unpaired) electrons. The fourth-order valence-electron chi connectivity index (χ4n) is 5.48. The van der Waals surface area contributed by atoms with Gasteiger partial charge in [0.25, 0.3) is 0 Å². The van der Waals surface area contributed by atoms with Gasteiger partial charge in [0, 0.05) is 48.9 Å². The van der Waals surface area contributed by atoms with Crippen molar-refractivity contribution in [1.29, 1.82) is 0 Å². The number of carbonyl (C=O) groups is 1. The lowest BCUT2D eigenvalue weighted by Gasteiger charge is -2.39. The SMILES string of the molecule is CN1CCN(c2ncc(Br)cc2NC(=O)N2[C@@H]3CC[C@H]2CC(c2ccccc2)C3)CC1. The van der Waals surface area contributed by atoms with Gasteiger partial charge in [-0.05, 0) is 66.2 Å². The minimum Gasteiger partial charge on any atom is -0.352 e. The maximum Gasteiger partial charge on any atom is 0.322 e. The van der Waals surface area contributed by atoms with Gasteiger partial charge in [0.1, 0.15) is 0 Å². The second kappa shape index (κ2) is 8.79. The summed E-state index contributed by atoms with van der Waals surface area (Å²) in [6, 6.07) is 13.4. The largest absolute Gasteiger partial charge is 0.352 e. The molecule has 6 nitrogen and oxygen atoms in total. The third-order valence-electron chi connectivity index (χ3n) is 7.12. The van der Waals surface area contributed by atoms with Crippen molar-refractivity contribution in [3.8, 4) is 0 Å². The van der Waals surface area contributed by atoms with Gasteiger partial charge in [-0.25, -0.2) is 9.78 Å². The van der Waals surface area contributed by atoms with Gasteiger partial charge in [-0.2, -0.15) is 0 Å². The van der Waals surface area contributed by atoms with Crippen LogP contribution in [0, 0.1) is 0 Å². The number of pyridine rings is 1. The Bertz CT molecular complexity index is 917. The molecule has 164 valence electrons. The molecule has 31 heavy (non-hydrogen) atoms. The first-order valence-corrected chi connectivity index (χ1v) is 12.1. The van der Waals surface area contributed by atoms with Crippen LogP contribution in [0.2, 0.25) is 0 Å². The highest BCUT2D eigenvalue weighted by Gasteiger charge is 2.43. The van der Waals surface area contributed by atoms with Gasteiger partial charge in [0.2, 0.25) is 0 Å². The smallest absolute Gasteiger partial charge is 0.322 e. The standard InChI is InChI=1S/C24H30BrN5O/c1-28-9-11-29(12-10-28)23-22(15-19(25)16-26-23)27-24(31)30-20-7-8-21(30)14-18(13-20)17-5-3-2-4-6-17/h2-6,15-16,18,20-21H,7-14H2,1H3,(H,27,31)/t18?,20-,21+. The maximum absolute atomic E-state index is 13.4. The Morgan fingerprint density at radius 2 is 1.74 bits per heavy atom. The van der Waals surface area contributed by atoms with Crippen LogP contribution in [0.4, 0.5) is 16.3 Å². The van der Waals surface area contributed by atoms with Crippen LogP contribution in [0.1, 0.15) is 37.2 Å². The second-order valence-corrected chi connectivity index (χ2v) is 10.0. The molecule has 0 aliphatic carbocycles. The van der Waals surface area contributed by atoms with E-state index in [0.717, 1.165) is 67.8 Å². The number of hydrogen-bond acceptors (Lipinski definition) is 4. The normalized spacial score (nSPS) is 26.2. The molecular weight excluding hydrogens is 454 g/mol. The molecule has 0 saturated carbocycles. The molecule has 1 unspecified atom stereocenters. The van der Waals surface area contributed by atoms with Crippen LogP contribution in [-0.2, 0) is 0 Å². The van der Waals surface area contributed by atoms with Crippen molar-refractivity contribution in [1.82, 2.24) is 14.8 Å². The molecular formula is C24H30BrN5O. The van der Waals surface area contributed by atoms with E-state index < -0.39 is 0 Å². The van der Waals surface area contributed by atoms with Gasteiger partial charge < -0.3 is 20.0 Å². The topological polar surface area (TPSA) is 51.7 Å². The molecule has 5 rings (SSSR count). The number of hydrogen-bond donors (Lipinski definition) is 1. The van der Waals surface area contributed by atoms with Crippen LogP contribution in [0.3, 0.4) is 0 Å². The molecule has 2 aromatic rings. The molecule has 1 aromatic carbocycles. The molecule has 2 bridgehead atoms. The van der Waals surface area contributed by atoms with Crippen LogP contribution in [-0.4, -0.2) is 66.1 Å². The van der Waals surface area contributed by atoms with Crippen molar-refractivity contribution < 1.29 is 4.79 Å². The Hall–Kier alpha value is -2.12. The number of nitrogens with one attached hydrogen (secondary N) is 1. The van der Waals surface area contributed by atoms with Gasteiger partial charge in [-0.3, -0.25) is 0 Å². The first kappa shape index (κ1) is 20.8. The van der Waals surface area contributed by atoms with Crippen LogP contribution < -0.4 is 10.2 Å². The summed E-state index contributed by atoms with van der Waals surface area (Å²) in [5.41, 5.74) is 2.21. The van der Waals surface area contributed by atoms with Gasteiger partial charge in [0.05, 0.1) is 5.69 Å². The zero-order valence-corrected chi connectivity index (χ0v) is 19.6. The third-order valence-corrected chi connectivity index (χ3v) is 7.55. The van der Waals surface area contributed by atoms with E-state index in [1.54, 1.807) is 0 Å². The lowest BCUT2D eigenvalue weighted by atomic mass is 9.85. The summed E-state index contributed by atoms with van der Waals surface area (Å²) in [5, 5.41) is 3.22. The number of nitrogens with zero attached hydrogens (tertiary/aromatic N) is 4. The monoisotopic (exact) mass is 483 g/mol. The number of anilines is 2. The van der Waals surface area contributed by atoms with Gasteiger partial charge in [-0.1, -0.05) is 30.3 Å². The molecule has 4 heterocycles. The lowest BCUT2D eigenvalue weighted by Crippen LogP contribution is -2.48. The fraction of sp³-hybridized carbons (Fsp3) is 0.500. The van der Waals surface area contributed by atoms with Crippen molar-refractivity contribution in [2.75, 3.05) is 43.4 Å². The van der Waals surface area contributed by atoms with E-state index in [1.807, 2.05) is 12.3 Å². The zero-order chi connectivity index (χ0) is 21.4. The predicted molar refractivity (Wildman–Crippen MR) is 128 cm³/mol. The van der Waals surface area contributed by atoms with Crippen molar-refractivity contribution in [2.24, 2.45) is 0 Å². The van der Waals surface area contributed by atoms with Gasteiger partial charge in [-0.15, -0.1) is 0 Å². The Kier molecular flexibility index (Phi) is 5.89. The summed E-state index contributed by atoms with van der Waals surface area (Å²) in [5.74, 6) is 1.42. The van der Waals surface area contributed by atoms with Crippen LogP contribution >= 0.6 is 15.9 Å². The zero-order valence-electron chi connectivity index (χ0n) is 18.0. The van der Waals surface area contributed by atoms with Gasteiger partial charge >= 0.3 is 6.03 Å². The molecule has 3 atom stereocenters. The highest BCUT2D eigenvalue weighted by molar-refractivity contribution is 9.10. The summed E-state index contributed by atoms with van der Waals surface area (Å²) in [7, 11) is 2.14. The summed E-state index contributed by atoms with van der Waals surface area (Å²) in [6.07, 6.45) is 6.12. The summed E-state index contributed by atoms with van der Waals surface area (Å²) < 4.78 is 0.881. The van der Waals surface area contributed by atoms with E-state index in [-0.39, 0.29) is 6.03 Å². The number of urea groups is 1. The molecule has 3 fully saturated rings. The average molecular weight is 484 g/mol. The minimum atomic E-state index is 0.0225. The van der Waals surface area contributed by atoms with Crippen molar-refractivity contribution in [2.45, 2.75) is 43.7 Å². The third kappa shape index (κ3) is 4.30. The molecule has 3 aliphatic rings. The maximum atomic E-state index is 13.4. The quantitative estimate of drug-likeness (QED) is 0.695. The number of carbonyl (C=O) groups excluding carboxylic acids is 1. The molecule has 1 aromatic heterocycles. The van der Waals surface area contributed by atoms with Crippen LogP contribution in [0.5, 0.6) is 0 Å². The Balaban J connectivity index is 1.31. The van der Waals surface area contributed by atoms with Crippen molar-refractivity contribution in [3.63, 3.8) is 0 Å². The molecule has 7 heteroatoms. The second-order valence-electron chi connectivity index (χ2n) is 9.12. The van der Waals surface area contributed by atoms with E-state index in [1.165, 1.54) is 5.56 Å². The molecule has 3 aliphatic heterocycles. The Labute approximate surface area is 192 Å². The Morgan fingerprint density at radius 1 is 1.06 bits per heavy atom. The highest BCUT2D eigenvalue weighted by atomic mass is 79.9. The van der Waals surface area contributed by atoms with Crippen molar-refractivity contribution >= 4 is 33.5 Å². The van der Waals surface area contributed by atoms with E-state index in [9.17, 15) is 4.79 Å². The number of aromatic nitrogens is 1. The number of piperazine rings is 1. The molecule has 1 N–H and O–H groups in total. The van der Waals surface area contributed by atoms with E-state index in [2.05, 4.69) is 78.3 Å². The summed E-state index contributed by atoms with van der Waals surface area (Å²) >= 11 is 3.53. The average Bonchev–Trinajstić information content (AvgIpc) is 3.05. The number of amides is 2. The molecule has 3 saturated heterocycles.